The Kier molecular flexibility index (Phi) is 5.40. The van der Waals surface area contributed by atoms with Crippen LogP contribution in [-0.2, 0) is 17.2 Å². The van der Waals surface area contributed by atoms with Crippen LogP contribution in [0.25, 0.3) is 11.0 Å². The van der Waals surface area contributed by atoms with Crippen molar-refractivity contribution in [3.63, 3.8) is 0 Å². The number of methoxy groups -OCH3 is 1. The topological polar surface area (TPSA) is 30.3 Å². The number of fused-ring (bicyclic) bond motifs is 1. The Hall–Kier alpha value is -1.10. The molecule has 0 aliphatic rings. The van der Waals surface area contributed by atoms with Crippen molar-refractivity contribution >= 4 is 22.6 Å². The van der Waals surface area contributed by atoms with Crippen LogP contribution in [0.5, 0.6) is 0 Å². The molecule has 1 aromatic carbocycles. The van der Waals surface area contributed by atoms with E-state index in [-0.39, 0.29) is 0 Å². The Labute approximate surface area is 125 Å². The van der Waals surface area contributed by atoms with Crippen molar-refractivity contribution in [2.45, 2.75) is 19.3 Å². The lowest BCUT2D eigenvalue weighted by Crippen LogP contribution is -2.27. The number of hydrogen-bond acceptors (Lipinski definition) is 3. The summed E-state index contributed by atoms with van der Waals surface area (Å²) >= 11 is 6.03. The number of likely N-dealkylation sites (N-methyl/N-ethyl adjacent to an activating group) is 1. The third-order valence-electron chi connectivity index (χ3n) is 3.48. The number of aromatic nitrogens is 2. The average Bonchev–Trinajstić information content (AvgIpc) is 2.79. The Bertz CT molecular complexity index is 567. The third kappa shape index (κ3) is 3.51. The normalized spacial score (nSPS) is 11.7. The quantitative estimate of drug-likeness (QED) is 0.736. The van der Waals surface area contributed by atoms with Crippen molar-refractivity contribution in [2.75, 3.05) is 33.9 Å². The van der Waals surface area contributed by atoms with Crippen molar-refractivity contribution in [2.24, 2.45) is 0 Å². The van der Waals surface area contributed by atoms with Gasteiger partial charge in [0.1, 0.15) is 5.82 Å². The van der Waals surface area contributed by atoms with E-state index in [4.69, 9.17) is 16.3 Å². The lowest BCUT2D eigenvalue weighted by atomic mass is 10.2. The van der Waals surface area contributed by atoms with Crippen LogP contribution >= 0.6 is 11.6 Å². The fourth-order valence-electron chi connectivity index (χ4n) is 2.26. The average molecular weight is 296 g/mol. The zero-order valence-corrected chi connectivity index (χ0v) is 13.2. The third-order valence-corrected chi connectivity index (χ3v) is 3.72. The summed E-state index contributed by atoms with van der Waals surface area (Å²) in [6, 6.07) is 6.32. The minimum Gasteiger partial charge on any atom is -0.383 e. The first-order chi connectivity index (χ1) is 9.65. The minimum absolute atomic E-state index is 0.440. The molecule has 0 bridgehead atoms. The van der Waals surface area contributed by atoms with Crippen molar-refractivity contribution in [1.29, 1.82) is 0 Å². The maximum absolute atomic E-state index is 6.03. The van der Waals surface area contributed by atoms with E-state index >= 15 is 0 Å². The second kappa shape index (κ2) is 7.07. The molecule has 1 heterocycles. The van der Waals surface area contributed by atoms with Crippen LogP contribution in [0.4, 0.5) is 0 Å². The number of imidazole rings is 1. The summed E-state index contributed by atoms with van der Waals surface area (Å²) in [6.07, 6.45) is 0. The number of benzene rings is 1. The van der Waals surface area contributed by atoms with Gasteiger partial charge < -0.3 is 14.2 Å². The van der Waals surface area contributed by atoms with E-state index in [0.717, 1.165) is 37.6 Å². The van der Waals surface area contributed by atoms with E-state index in [1.165, 1.54) is 11.1 Å². The van der Waals surface area contributed by atoms with Gasteiger partial charge in [-0.2, -0.15) is 0 Å². The number of rotatable bonds is 7. The molecule has 0 atom stereocenters. The molecular formula is C15H22ClN3O. The van der Waals surface area contributed by atoms with Crippen molar-refractivity contribution in [1.82, 2.24) is 14.5 Å². The predicted octanol–water partition coefficient (Wildman–Crippen LogP) is 2.66. The molecule has 1 aromatic heterocycles. The van der Waals surface area contributed by atoms with Crippen LogP contribution in [0.1, 0.15) is 11.4 Å². The molecular weight excluding hydrogens is 274 g/mol. The monoisotopic (exact) mass is 295 g/mol. The second-order valence-corrected chi connectivity index (χ2v) is 5.37. The number of aryl methyl sites for hydroxylation is 1. The van der Waals surface area contributed by atoms with Gasteiger partial charge in [0, 0.05) is 26.7 Å². The lowest BCUT2D eigenvalue weighted by molar-refractivity contribution is 0.159. The van der Waals surface area contributed by atoms with E-state index in [2.05, 4.69) is 46.6 Å². The van der Waals surface area contributed by atoms with Gasteiger partial charge in [-0.15, -0.1) is 11.6 Å². The van der Waals surface area contributed by atoms with Gasteiger partial charge in [-0.1, -0.05) is 6.07 Å². The smallest absolute Gasteiger partial charge is 0.124 e. The Morgan fingerprint density at radius 3 is 2.85 bits per heavy atom. The molecule has 0 saturated carbocycles. The molecule has 0 saturated heterocycles. The zero-order chi connectivity index (χ0) is 14.5. The molecule has 5 heteroatoms. The van der Waals surface area contributed by atoms with Crippen LogP contribution in [-0.4, -0.2) is 48.3 Å². The number of halogens is 1. The minimum atomic E-state index is 0.440. The van der Waals surface area contributed by atoms with Crippen LogP contribution in [0, 0.1) is 6.92 Å². The highest BCUT2D eigenvalue weighted by atomic mass is 35.5. The van der Waals surface area contributed by atoms with Gasteiger partial charge >= 0.3 is 0 Å². The van der Waals surface area contributed by atoms with E-state index < -0.39 is 0 Å². The van der Waals surface area contributed by atoms with Gasteiger partial charge in [0.2, 0.25) is 0 Å². The molecule has 110 valence electrons. The van der Waals surface area contributed by atoms with Crippen molar-refractivity contribution < 1.29 is 4.74 Å². The van der Waals surface area contributed by atoms with E-state index in [1.54, 1.807) is 7.11 Å². The highest BCUT2D eigenvalue weighted by Crippen LogP contribution is 2.19. The largest absolute Gasteiger partial charge is 0.383 e. The number of alkyl halides is 1. The van der Waals surface area contributed by atoms with Gasteiger partial charge in [0.25, 0.3) is 0 Å². The van der Waals surface area contributed by atoms with E-state index in [0.29, 0.717) is 5.88 Å². The summed E-state index contributed by atoms with van der Waals surface area (Å²) in [6.45, 7) is 5.62. The molecule has 2 rings (SSSR count). The fraction of sp³-hybridized carbons (Fsp3) is 0.533. The maximum atomic E-state index is 6.03. The summed E-state index contributed by atoms with van der Waals surface area (Å²) in [4.78, 5) is 6.85. The lowest BCUT2D eigenvalue weighted by Gasteiger charge is -2.17. The molecule has 0 radical (unpaired) electrons. The first kappa shape index (κ1) is 15.3. The molecule has 0 unspecified atom stereocenters. The predicted molar refractivity (Wildman–Crippen MR) is 83.4 cm³/mol. The van der Waals surface area contributed by atoms with Gasteiger partial charge in [-0.25, -0.2) is 4.98 Å². The highest BCUT2D eigenvalue weighted by molar-refractivity contribution is 6.16. The number of hydrogen-bond donors (Lipinski definition) is 0. The van der Waals surface area contributed by atoms with Gasteiger partial charge in [-0.3, -0.25) is 0 Å². The Morgan fingerprint density at radius 2 is 2.15 bits per heavy atom. The summed E-state index contributed by atoms with van der Waals surface area (Å²) in [7, 11) is 3.83. The van der Waals surface area contributed by atoms with E-state index in [1.807, 2.05) is 0 Å². The van der Waals surface area contributed by atoms with Crippen LogP contribution in [0.2, 0.25) is 0 Å². The van der Waals surface area contributed by atoms with Gasteiger partial charge in [0.15, 0.2) is 0 Å². The Morgan fingerprint density at radius 1 is 1.35 bits per heavy atom. The molecule has 20 heavy (non-hydrogen) atoms. The van der Waals surface area contributed by atoms with Crippen LogP contribution < -0.4 is 0 Å². The molecule has 0 aliphatic carbocycles. The summed E-state index contributed by atoms with van der Waals surface area (Å²) in [5, 5.41) is 0. The van der Waals surface area contributed by atoms with Crippen molar-refractivity contribution in [3.8, 4) is 0 Å². The molecule has 0 N–H and O–H groups in total. The van der Waals surface area contributed by atoms with E-state index in [9.17, 15) is 0 Å². The van der Waals surface area contributed by atoms with Gasteiger partial charge in [0.05, 0.1) is 23.5 Å². The first-order valence-electron chi connectivity index (χ1n) is 6.85. The summed E-state index contributed by atoms with van der Waals surface area (Å²) in [5.41, 5.74) is 3.43. The highest BCUT2D eigenvalue weighted by Gasteiger charge is 2.10. The first-order valence-corrected chi connectivity index (χ1v) is 7.38. The molecule has 0 fully saturated rings. The molecule has 0 amide bonds. The SMILES string of the molecule is COCCN(C)CCn1c(CCl)nc2ccc(C)cc21. The Balaban J connectivity index is 2.17. The van der Waals surface area contributed by atoms with Gasteiger partial charge in [-0.05, 0) is 31.7 Å². The van der Waals surface area contributed by atoms with Crippen LogP contribution in [0.15, 0.2) is 18.2 Å². The summed E-state index contributed by atoms with van der Waals surface area (Å²) in [5.74, 6) is 1.38. The number of ether oxygens (including phenoxy) is 1. The van der Waals surface area contributed by atoms with Crippen molar-refractivity contribution in [3.05, 3.63) is 29.6 Å². The molecule has 0 spiro atoms. The summed E-state index contributed by atoms with van der Waals surface area (Å²) < 4.78 is 7.32. The maximum Gasteiger partial charge on any atom is 0.124 e. The zero-order valence-electron chi connectivity index (χ0n) is 12.4. The molecule has 2 aromatic rings. The van der Waals surface area contributed by atoms with Crippen LogP contribution in [0.3, 0.4) is 0 Å². The molecule has 4 nitrogen and oxygen atoms in total. The number of nitrogens with zero attached hydrogens (tertiary/aromatic N) is 3. The fourth-order valence-corrected chi connectivity index (χ4v) is 2.47. The standard InChI is InChI=1S/C15H22ClN3O/c1-12-4-5-13-14(10-12)19(15(11-16)17-13)7-6-18(2)8-9-20-3/h4-5,10H,6-9,11H2,1-3H3. The second-order valence-electron chi connectivity index (χ2n) is 5.10. The molecule has 0 aliphatic heterocycles.